The molecule has 5 heteroatoms. The van der Waals surface area contributed by atoms with Crippen LogP contribution in [0.15, 0.2) is 18.2 Å². The number of methoxy groups -OCH3 is 1. The van der Waals surface area contributed by atoms with Crippen LogP contribution in [0.2, 0.25) is 0 Å². The number of ether oxygens (including phenoxy) is 2. The molecule has 5 nitrogen and oxygen atoms in total. The van der Waals surface area contributed by atoms with Crippen LogP contribution in [-0.2, 0) is 23.0 Å². The first-order valence-electron chi connectivity index (χ1n) is 9.18. The molecule has 1 aromatic carbocycles. The Morgan fingerprint density at radius 3 is 2.84 bits per heavy atom. The van der Waals surface area contributed by atoms with Crippen LogP contribution >= 0.6 is 0 Å². The van der Waals surface area contributed by atoms with E-state index in [1.54, 1.807) is 7.11 Å². The molecule has 0 radical (unpaired) electrons. The number of aromatic nitrogens is 1. The van der Waals surface area contributed by atoms with Crippen molar-refractivity contribution < 1.29 is 14.3 Å². The minimum absolute atomic E-state index is 0.0208. The Kier molecular flexibility index (Phi) is 3.99. The van der Waals surface area contributed by atoms with Crippen LogP contribution in [0.25, 0.3) is 10.9 Å². The van der Waals surface area contributed by atoms with Crippen LogP contribution in [0, 0.1) is 5.41 Å². The quantitative estimate of drug-likeness (QED) is 0.868. The van der Waals surface area contributed by atoms with Crippen molar-refractivity contribution in [1.82, 2.24) is 9.88 Å². The molecular weight excluding hydrogens is 316 g/mol. The van der Waals surface area contributed by atoms with E-state index in [-0.39, 0.29) is 12.0 Å². The fraction of sp³-hybridized carbons (Fsp3) is 0.550. The van der Waals surface area contributed by atoms with Crippen molar-refractivity contribution >= 4 is 16.9 Å². The third kappa shape index (κ3) is 2.29. The van der Waals surface area contributed by atoms with Gasteiger partial charge in [-0.05, 0) is 56.5 Å². The second-order valence-electron chi connectivity index (χ2n) is 7.17. The van der Waals surface area contributed by atoms with Crippen LogP contribution in [0.3, 0.4) is 0 Å². The van der Waals surface area contributed by atoms with Gasteiger partial charge in [0, 0.05) is 23.6 Å². The Hall–Kier alpha value is -2.01. The number of rotatable bonds is 4. The summed E-state index contributed by atoms with van der Waals surface area (Å²) in [5.74, 6) is 0.828. The Bertz CT molecular complexity index is 820. The van der Waals surface area contributed by atoms with Gasteiger partial charge in [-0.3, -0.25) is 4.79 Å². The summed E-state index contributed by atoms with van der Waals surface area (Å²) in [4.78, 5) is 12.8. The van der Waals surface area contributed by atoms with Crippen LogP contribution in [0.5, 0.6) is 5.75 Å². The number of aryl methyl sites for hydroxylation is 1. The molecule has 1 aromatic heterocycles. The molecule has 0 amide bonds. The smallest absolute Gasteiger partial charge is 0.314 e. The average molecular weight is 342 g/mol. The molecule has 1 atom stereocenters. The Morgan fingerprint density at radius 2 is 2.20 bits per heavy atom. The second-order valence-corrected chi connectivity index (χ2v) is 7.17. The summed E-state index contributed by atoms with van der Waals surface area (Å²) in [6.45, 7) is 3.20. The maximum atomic E-state index is 12.8. The molecule has 0 bridgehead atoms. The van der Waals surface area contributed by atoms with E-state index < -0.39 is 5.41 Å². The molecule has 1 aliphatic carbocycles. The molecule has 1 unspecified atom stereocenters. The van der Waals surface area contributed by atoms with Crippen LogP contribution in [0.1, 0.15) is 43.5 Å². The van der Waals surface area contributed by atoms with E-state index in [2.05, 4.69) is 29.1 Å². The van der Waals surface area contributed by atoms with Gasteiger partial charge in [-0.1, -0.05) is 6.42 Å². The lowest BCUT2D eigenvalue weighted by Crippen LogP contribution is -2.52. The van der Waals surface area contributed by atoms with E-state index in [4.69, 9.17) is 9.47 Å². The summed E-state index contributed by atoms with van der Waals surface area (Å²) in [5.41, 5.74) is 3.35. The Morgan fingerprint density at radius 1 is 1.40 bits per heavy atom. The minimum Gasteiger partial charge on any atom is -0.497 e. The van der Waals surface area contributed by atoms with Crippen molar-refractivity contribution in [3.63, 3.8) is 0 Å². The van der Waals surface area contributed by atoms with Crippen molar-refractivity contribution in [1.29, 1.82) is 0 Å². The van der Waals surface area contributed by atoms with E-state index in [0.717, 1.165) is 38.0 Å². The first kappa shape index (κ1) is 16.5. The monoisotopic (exact) mass is 342 g/mol. The summed E-state index contributed by atoms with van der Waals surface area (Å²) in [5, 5.41) is 4.87. The van der Waals surface area contributed by atoms with E-state index in [0.29, 0.717) is 6.61 Å². The molecule has 4 rings (SSSR count). The number of nitrogens with zero attached hydrogens (tertiary/aromatic N) is 1. The van der Waals surface area contributed by atoms with Gasteiger partial charge in [0.05, 0.1) is 25.2 Å². The van der Waals surface area contributed by atoms with Gasteiger partial charge in [0.15, 0.2) is 0 Å². The summed E-state index contributed by atoms with van der Waals surface area (Å²) in [7, 11) is 3.80. The molecule has 134 valence electrons. The van der Waals surface area contributed by atoms with Crippen LogP contribution in [-0.4, -0.2) is 30.8 Å². The molecule has 1 fully saturated rings. The third-order valence-electron chi connectivity index (χ3n) is 6.04. The zero-order valence-electron chi connectivity index (χ0n) is 15.2. The lowest BCUT2D eigenvalue weighted by Gasteiger charge is -2.47. The van der Waals surface area contributed by atoms with Crippen molar-refractivity contribution in [3.8, 4) is 5.75 Å². The van der Waals surface area contributed by atoms with Gasteiger partial charge < -0.3 is 19.4 Å². The van der Waals surface area contributed by atoms with Gasteiger partial charge >= 0.3 is 5.97 Å². The summed E-state index contributed by atoms with van der Waals surface area (Å²) in [6, 6.07) is 6.25. The molecule has 1 aliphatic heterocycles. The molecule has 0 spiro atoms. The Labute approximate surface area is 148 Å². The van der Waals surface area contributed by atoms with Crippen molar-refractivity contribution in [2.45, 2.75) is 38.6 Å². The number of carbonyl (C=O) groups excluding carboxylic acids is 1. The minimum atomic E-state index is -0.419. The van der Waals surface area contributed by atoms with Gasteiger partial charge in [-0.15, -0.1) is 0 Å². The highest BCUT2D eigenvalue weighted by atomic mass is 16.5. The molecule has 2 aliphatic rings. The highest BCUT2D eigenvalue weighted by molar-refractivity contribution is 5.88. The number of benzene rings is 1. The van der Waals surface area contributed by atoms with Gasteiger partial charge in [0.2, 0.25) is 0 Å². The number of esters is 1. The molecule has 2 heterocycles. The predicted octanol–water partition coefficient (Wildman–Crippen LogP) is 3.11. The van der Waals surface area contributed by atoms with Crippen molar-refractivity contribution in [3.05, 3.63) is 29.5 Å². The fourth-order valence-corrected chi connectivity index (χ4v) is 4.62. The number of hydrogen-bond acceptors (Lipinski definition) is 4. The highest BCUT2D eigenvalue weighted by Gasteiger charge is 2.54. The fourth-order valence-electron chi connectivity index (χ4n) is 4.62. The van der Waals surface area contributed by atoms with E-state index in [1.807, 2.05) is 13.0 Å². The normalized spacial score (nSPS) is 21.5. The number of carbonyl (C=O) groups is 1. The van der Waals surface area contributed by atoms with Gasteiger partial charge in [-0.2, -0.15) is 0 Å². The zero-order chi connectivity index (χ0) is 17.6. The largest absolute Gasteiger partial charge is 0.497 e. The van der Waals surface area contributed by atoms with Gasteiger partial charge in [0.25, 0.3) is 0 Å². The van der Waals surface area contributed by atoms with E-state index in [1.165, 1.54) is 22.2 Å². The molecule has 1 saturated carbocycles. The predicted molar refractivity (Wildman–Crippen MR) is 96.8 cm³/mol. The summed E-state index contributed by atoms with van der Waals surface area (Å²) >= 11 is 0. The second kappa shape index (κ2) is 6.06. The first-order chi connectivity index (χ1) is 12.1. The average Bonchev–Trinajstić information content (AvgIpc) is 2.87. The number of nitrogens with one attached hydrogen (secondary N) is 1. The zero-order valence-corrected chi connectivity index (χ0v) is 15.2. The van der Waals surface area contributed by atoms with Gasteiger partial charge in [-0.25, -0.2) is 0 Å². The maximum Gasteiger partial charge on any atom is 0.314 e. The maximum absolute atomic E-state index is 12.8. The molecule has 0 saturated heterocycles. The number of fused-ring (bicyclic) bond motifs is 3. The topological polar surface area (TPSA) is 52.5 Å². The summed E-state index contributed by atoms with van der Waals surface area (Å²) in [6.07, 6.45) is 3.85. The van der Waals surface area contributed by atoms with E-state index in [9.17, 15) is 4.79 Å². The molecule has 25 heavy (non-hydrogen) atoms. The van der Waals surface area contributed by atoms with Gasteiger partial charge in [0.1, 0.15) is 5.75 Å². The standard InChI is InChI=1S/C20H26N2O3/c1-4-25-19(23)20(9-5-10-20)18-17-14(8-11-21-18)15-12-13(24-3)6-7-16(15)22(17)2/h6-7,12,18,21H,4-5,8-11H2,1-3H3. The third-order valence-corrected chi connectivity index (χ3v) is 6.04. The number of hydrogen-bond donors (Lipinski definition) is 1. The van der Waals surface area contributed by atoms with Crippen molar-refractivity contribution in [2.24, 2.45) is 12.5 Å². The highest BCUT2D eigenvalue weighted by Crippen LogP contribution is 2.53. The molecular formula is C20H26N2O3. The van der Waals surface area contributed by atoms with E-state index >= 15 is 0 Å². The Balaban J connectivity index is 1.86. The van der Waals surface area contributed by atoms with Crippen LogP contribution in [0.4, 0.5) is 0 Å². The van der Waals surface area contributed by atoms with Crippen molar-refractivity contribution in [2.75, 3.05) is 20.3 Å². The molecule has 2 aromatic rings. The summed E-state index contributed by atoms with van der Waals surface area (Å²) < 4.78 is 13.1. The lowest BCUT2D eigenvalue weighted by atomic mass is 9.62. The SMILES string of the molecule is CCOC(=O)C1(C2NCCc3c2n(C)c2ccc(OC)cc32)CCC1. The van der Waals surface area contributed by atoms with Crippen LogP contribution < -0.4 is 10.1 Å². The lowest BCUT2D eigenvalue weighted by molar-refractivity contribution is -0.164. The molecule has 1 N–H and O–H groups in total. The first-order valence-corrected chi connectivity index (χ1v) is 9.18.